The van der Waals surface area contributed by atoms with E-state index < -0.39 is 16.0 Å². The van der Waals surface area contributed by atoms with Gasteiger partial charge in [-0.15, -0.1) is 11.3 Å². The van der Waals surface area contributed by atoms with Gasteiger partial charge in [-0.1, -0.05) is 11.6 Å². The lowest BCUT2D eigenvalue weighted by atomic mass is 9.89. The fourth-order valence-corrected chi connectivity index (χ4v) is 5.47. The molecule has 0 saturated heterocycles. The molecule has 1 heterocycles. The standard InChI is InChI=1S/C18H18ClNO4S2/c19-14-4-7-16(8-5-14)26(23,24)20-11-13-3-1-2-12-10-15(25-18(12)13)6-9-17(21)22/h4-10,13,20H,1-3,11H2,(H,21,22)/b9-6+. The zero-order valence-electron chi connectivity index (χ0n) is 13.8. The minimum Gasteiger partial charge on any atom is -0.478 e. The molecule has 1 aliphatic carbocycles. The molecule has 0 fully saturated rings. The number of halogens is 1. The molecule has 26 heavy (non-hydrogen) atoms. The van der Waals surface area contributed by atoms with E-state index >= 15 is 0 Å². The minimum absolute atomic E-state index is 0.0952. The largest absolute Gasteiger partial charge is 0.478 e. The first kappa shape index (κ1) is 19.1. The molecule has 138 valence electrons. The van der Waals surface area contributed by atoms with Crippen molar-refractivity contribution in [1.82, 2.24) is 4.72 Å². The van der Waals surface area contributed by atoms with E-state index in [1.807, 2.05) is 6.07 Å². The summed E-state index contributed by atoms with van der Waals surface area (Å²) in [5.74, 6) is -0.888. The Kier molecular flexibility index (Phi) is 5.82. The Morgan fingerprint density at radius 1 is 1.35 bits per heavy atom. The second kappa shape index (κ2) is 7.92. The first-order valence-corrected chi connectivity index (χ1v) is 10.8. The van der Waals surface area contributed by atoms with Crippen LogP contribution in [-0.4, -0.2) is 26.0 Å². The number of carbonyl (C=O) groups is 1. The summed E-state index contributed by atoms with van der Waals surface area (Å²) in [5.41, 5.74) is 1.18. The number of benzene rings is 1. The topological polar surface area (TPSA) is 83.5 Å². The molecule has 1 aromatic carbocycles. The smallest absolute Gasteiger partial charge is 0.328 e. The number of sulfonamides is 1. The van der Waals surface area contributed by atoms with Crippen LogP contribution in [0.25, 0.3) is 6.08 Å². The molecule has 1 aliphatic rings. The third-order valence-electron chi connectivity index (χ3n) is 4.26. The van der Waals surface area contributed by atoms with Crippen LogP contribution in [0.2, 0.25) is 5.02 Å². The van der Waals surface area contributed by atoms with Crippen LogP contribution in [0.1, 0.15) is 34.1 Å². The Bertz CT molecular complexity index is 933. The number of carboxylic acids is 1. The van der Waals surface area contributed by atoms with Gasteiger partial charge in [0.2, 0.25) is 10.0 Å². The zero-order valence-corrected chi connectivity index (χ0v) is 16.2. The fourth-order valence-electron chi connectivity index (χ4n) is 3.01. The summed E-state index contributed by atoms with van der Waals surface area (Å²) in [6.45, 7) is 0.320. The summed E-state index contributed by atoms with van der Waals surface area (Å²) in [7, 11) is -3.59. The lowest BCUT2D eigenvalue weighted by molar-refractivity contribution is -0.131. The maximum absolute atomic E-state index is 12.5. The number of fused-ring (bicyclic) bond motifs is 1. The maximum Gasteiger partial charge on any atom is 0.328 e. The van der Waals surface area contributed by atoms with Gasteiger partial charge in [-0.25, -0.2) is 17.9 Å². The number of hydrogen-bond acceptors (Lipinski definition) is 4. The van der Waals surface area contributed by atoms with Crippen LogP contribution in [-0.2, 0) is 21.2 Å². The molecule has 3 rings (SSSR count). The number of carboxylic acid groups (broad SMARTS) is 1. The molecule has 0 amide bonds. The highest BCUT2D eigenvalue weighted by Gasteiger charge is 2.25. The number of aryl methyl sites for hydroxylation is 1. The van der Waals surface area contributed by atoms with Gasteiger partial charge in [0.1, 0.15) is 0 Å². The summed E-state index contributed by atoms with van der Waals surface area (Å²) in [6.07, 6.45) is 5.53. The molecule has 1 atom stereocenters. The SMILES string of the molecule is O=C(O)/C=C/c1cc2c(s1)C(CNS(=O)(=O)c1ccc(Cl)cc1)CCC2. The summed E-state index contributed by atoms with van der Waals surface area (Å²) < 4.78 is 27.6. The van der Waals surface area contributed by atoms with E-state index in [1.54, 1.807) is 18.2 Å². The van der Waals surface area contributed by atoms with Crippen molar-refractivity contribution in [2.75, 3.05) is 6.54 Å². The molecule has 2 N–H and O–H groups in total. The van der Waals surface area contributed by atoms with Gasteiger partial charge < -0.3 is 5.11 Å². The highest BCUT2D eigenvalue weighted by atomic mass is 35.5. The van der Waals surface area contributed by atoms with E-state index in [0.29, 0.717) is 11.6 Å². The van der Waals surface area contributed by atoms with Crippen LogP contribution in [0.3, 0.4) is 0 Å². The average molecular weight is 412 g/mol. The highest BCUT2D eigenvalue weighted by Crippen LogP contribution is 2.38. The summed E-state index contributed by atoms with van der Waals surface area (Å²) in [5, 5.41) is 9.25. The first-order valence-electron chi connectivity index (χ1n) is 8.14. The summed E-state index contributed by atoms with van der Waals surface area (Å²) in [4.78, 5) is 12.9. The second-order valence-electron chi connectivity index (χ2n) is 6.10. The molecule has 0 bridgehead atoms. The first-order chi connectivity index (χ1) is 12.3. The van der Waals surface area contributed by atoms with Crippen LogP contribution >= 0.6 is 22.9 Å². The fraction of sp³-hybridized carbons (Fsp3) is 0.278. The van der Waals surface area contributed by atoms with Crippen molar-refractivity contribution in [2.45, 2.75) is 30.1 Å². The number of hydrogen-bond donors (Lipinski definition) is 2. The van der Waals surface area contributed by atoms with Crippen molar-refractivity contribution in [3.63, 3.8) is 0 Å². The van der Waals surface area contributed by atoms with Crippen LogP contribution < -0.4 is 4.72 Å². The van der Waals surface area contributed by atoms with Crippen molar-refractivity contribution in [3.8, 4) is 0 Å². The van der Waals surface area contributed by atoms with Gasteiger partial charge in [-0.05, 0) is 61.2 Å². The molecule has 1 aromatic heterocycles. The third kappa shape index (κ3) is 4.54. The Morgan fingerprint density at radius 2 is 2.08 bits per heavy atom. The molecule has 0 spiro atoms. The van der Waals surface area contributed by atoms with Crippen molar-refractivity contribution in [2.24, 2.45) is 0 Å². The molecular formula is C18H18ClNO4S2. The van der Waals surface area contributed by atoms with Gasteiger partial charge in [0, 0.05) is 33.3 Å². The van der Waals surface area contributed by atoms with Gasteiger partial charge in [0.25, 0.3) is 0 Å². The quantitative estimate of drug-likeness (QED) is 0.706. The van der Waals surface area contributed by atoms with Crippen LogP contribution in [0.5, 0.6) is 0 Å². The zero-order chi connectivity index (χ0) is 18.7. The molecule has 2 aromatic rings. The van der Waals surface area contributed by atoms with Gasteiger partial charge in [0.15, 0.2) is 0 Å². The van der Waals surface area contributed by atoms with E-state index in [2.05, 4.69) is 4.72 Å². The van der Waals surface area contributed by atoms with E-state index in [9.17, 15) is 13.2 Å². The molecular weight excluding hydrogens is 394 g/mol. The number of rotatable bonds is 6. The third-order valence-corrected chi connectivity index (χ3v) is 7.26. The van der Waals surface area contributed by atoms with Crippen molar-refractivity contribution in [3.05, 3.63) is 56.7 Å². The number of thiophene rings is 1. The molecule has 0 aliphatic heterocycles. The van der Waals surface area contributed by atoms with Gasteiger partial charge in [-0.3, -0.25) is 0 Å². The lowest BCUT2D eigenvalue weighted by Gasteiger charge is -2.22. The van der Waals surface area contributed by atoms with Crippen LogP contribution in [0.4, 0.5) is 0 Å². The van der Waals surface area contributed by atoms with Crippen LogP contribution in [0.15, 0.2) is 41.3 Å². The predicted octanol–water partition coefficient (Wildman–Crippen LogP) is 3.90. The molecule has 0 saturated carbocycles. The molecule has 5 nitrogen and oxygen atoms in total. The minimum atomic E-state index is -3.59. The number of aliphatic carboxylic acids is 1. The van der Waals surface area contributed by atoms with E-state index in [-0.39, 0.29) is 10.8 Å². The lowest BCUT2D eigenvalue weighted by Crippen LogP contribution is -2.29. The molecule has 8 heteroatoms. The van der Waals surface area contributed by atoms with Crippen molar-refractivity contribution < 1.29 is 18.3 Å². The molecule has 0 radical (unpaired) electrons. The van der Waals surface area contributed by atoms with Crippen molar-refractivity contribution >= 4 is 45.0 Å². The second-order valence-corrected chi connectivity index (χ2v) is 9.42. The van der Waals surface area contributed by atoms with Crippen LogP contribution in [0, 0.1) is 0 Å². The van der Waals surface area contributed by atoms with E-state index in [4.69, 9.17) is 16.7 Å². The number of nitrogens with one attached hydrogen (secondary N) is 1. The van der Waals surface area contributed by atoms with Gasteiger partial charge in [-0.2, -0.15) is 0 Å². The maximum atomic E-state index is 12.5. The van der Waals surface area contributed by atoms with Gasteiger partial charge in [0.05, 0.1) is 4.90 Å². The monoisotopic (exact) mass is 411 g/mol. The Labute approximate surface area is 161 Å². The van der Waals surface area contributed by atoms with Gasteiger partial charge >= 0.3 is 5.97 Å². The van der Waals surface area contributed by atoms with Crippen molar-refractivity contribution in [1.29, 1.82) is 0 Å². The summed E-state index contributed by atoms with van der Waals surface area (Å²) in [6, 6.07) is 8.07. The van der Waals surface area contributed by atoms with E-state index in [1.165, 1.54) is 29.0 Å². The van der Waals surface area contributed by atoms with E-state index in [0.717, 1.165) is 35.1 Å². The Hall–Kier alpha value is -1.67. The predicted molar refractivity (Wildman–Crippen MR) is 103 cm³/mol. The normalized spacial score (nSPS) is 17.3. The molecule has 1 unspecified atom stereocenters. The summed E-state index contributed by atoms with van der Waals surface area (Å²) >= 11 is 7.34. The average Bonchev–Trinajstić information content (AvgIpc) is 3.02. The Morgan fingerprint density at radius 3 is 2.77 bits per heavy atom. The highest BCUT2D eigenvalue weighted by molar-refractivity contribution is 7.89. The Balaban J connectivity index is 1.74.